The van der Waals surface area contributed by atoms with Gasteiger partial charge in [0.25, 0.3) is 0 Å². The highest BCUT2D eigenvalue weighted by molar-refractivity contribution is 5.95. The molecule has 30 heavy (non-hydrogen) atoms. The van der Waals surface area contributed by atoms with Crippen molar-refractivity contribution in [3.8, 4) is 0 Å². The lowest BCUT2D eigenvalue weighted by Gasteiger charge is -2.08. The molecule has 0 heterocycles. The van der Waals surface area contributed by atoms with Gasteiger partial charge in [0, 0.05) is 18.6 Å². The van der Waals surface area contributed by atoms with E-state index in [4.69, 9.17) is 18.9 Å². The van der Waals surface area contributed by atoms with Crippen LogP contribution in [0.4, 0.5) is 0 Å². The number of rotatable bonds is 12. The summed E-state index contributed by atoms with van der Waals surface area (Å²) in [6, 6.07) is 13.1. The Morgan fingerprint density at radius 2 is 1.53 bits per heavy atom. The normalized spacial score (nSPS) is 10.4. The molecule has 0 aromatic heterocycles. The van der Waals surface area contributed by atoms with Crippen LogP contribution in [-0.2, 0) is 28.5 Å². The number of carbonyl (C=O) groups excluding carboxylic acids is 3. The fraction of sp³-hybridized carbons (Fsp3) is 0.348. The van der Waals surface area contributed by atoms with Gasteiger partial charge in [-0.2, -0.15) is 0 Å². The summed E-state index contributed by atoms with van der Waals surface area (Å²) in [7, 11) is 0. The van der Waals surface area contributed by atoms with Gasteiger partial charge in [0.2, 0.25) is 0 Å². The molecule has 0 aliphatic rings. The number of hydrogen-bond acceptors (Lipinski definition) is 7. The van der Waals surface area contributed by atoms with Crippen molar-refractivity contribution >= 4 is 28.7 Å². The second-order valence-electron chi connectivity index (χ2n) is 6.55. The molecule has 0 aliphatic heterocycles. The van der Waals surface area contributed by atoms with Gasteiger partial charge in [0.1, 0.15) is 19.8 Å². The van der Waals surface area contributed by atoms with Gasteiger partial charge in [0.05, 0.1) is 12.2 Å². The van der Waals surface area contributed by atoms with E-state index in [1.165, 1.54) is 0 Å². The summed E-state index contributed by atoms with van der Waals surface area (Å²) >= 11 is 0. The lowest BCUT2D eigenvalue weighted by molar-refractivity contribution is -0.145. The van der Waals surface area contributed by atoms with E-state index in [-0.39, 0.29) is 32.8 Å². The quantitative estimate of drug-likeness (QED) is 0.227. The van der Waals surface area contributed by atoms with Crippen molar-refractivity contribution in [3.63, 3.8) is 0 Å². The molecule has 0 bridgehead atoms. The highest BCUT2D eigenvalue weighted by atomic mass is 16.6. The Balaban J connectivity index is 1.52. The van der Waals surface area contributed by atoms with Crippen LogP contribution in [0.25, 0.3) is 10.8 Å². The van der Waals surface area contributed by atoms with Crippen LogP contribution in [0.15, 0.2) is 54.6 Å². The van der Waals surface area contributed by atoms with E-state index in [0.29, 0.717) is 24.2 Å². The summed E-state index contributed by atoms with van der Waals surface area (Å²) in [6.45, 7) is 5.76. The first-order valence-corrected chi connectivity index (χ1v) is 9.69. The molecule has 0 fully saturated rings. The summed E-state index contributed by atoms with van der Waals surface area (Å²) in [5.41, 5.74) is 0.784. The molecule has 0 atom stereocenters. The molecule has 0 saturated heterocycles. The molecule has 2 aromatic rings. The SMILES string of the molecule is C=C(C)C(=O)OCCOCCCC(=O)OCCOC(=O)c1ccc2ccccc2c1. The smallest absolute Gasteiger partial charge is 0.338 e. The molecule has 7 nitrogen and oxygen atoms in total. The van der Waals surface area contributed by atoms with Gasteiger partial charge >= 0.3 is 17.9 Å². The van der Waals surface area contributed by atoms with Gasteiger partial charge in [-0.1, -0.05) is 36.9 Å². The van der Waals surface area contributed by atoms with Crippen molar-refractivity contribution in [2.24, 2.45) is 0 Å². The molecule has 0 saturated carbocycles. The fourth-order valence-corrected chi connectivity index (χ4v) is 2.50. The van der Waals surface area contributed by atoms with Gasteiger partial charge in [-0.3, -0.25) is 4.79 Å². The average Bonchev–Trinajstić information content (AvgIpc) is 2.75. The molecule has 0 radical (unpaired) electrons. The van der Waals surface area contributed by atoms with E-state index in [1.807, 2.05) is 30.3 Å². The number of ether oxygens (including phenoxy) is 4. The van der Waals surface area contributed by atoms with Gasteiger partial charge in [-0.15, -0.1) is 0 Å². The second-order valence-corrected chi connectivity index (χ2v) is 6.55. The van der Waals surface area contributed by atoms with Crippen molar-refractivity contribution in [3.05, 3.63) is 60.2 Å². The molecular formula is C23H26O7. The average molecular weight is 414 g/mol. The van der Waals surface area contributed by atoms with Crippen LogP contribution < -0.4 is 0 Å². The Morgan fingerprint density at radius 1 is 0.833 bits per heavy atom. The third-order valence-corrected chi connectivity index (χ3v) is 4.04. The van der Waals surface area contributed by atoms with E-state index >= 15 is 0 Å². The Kier molecular flexibility index (Phi) is 9.54. The van der Waals surface area contributed by atoms with Gasteiger partial charge in [0.15, 0.2) is 0 Å². The van der Waals surface area contributed by atoms with Gasteiger partial charge < -0.3 is 18.9 Å². The first-order valence-electron chi connectivity index (χ1n) is 9.69. The summed E-state index contributed by atoms with van der Waals surface area (Å²) in [5, 5.41) is 1.99. The van der Waals surface area contributed by atoms with E-state index in [2.05, 4.69) is 6.58 Å². The Bertz CT molecular complexity index is 888. The first kappa shape index (κ1) is 23.1. The third-order valence-electron chi connectivity index (χ3n) is 4.04. The van der Waals surface area contributed by atoms with E-state index in [9.17, 15) is 14.4 Å². The third kappa shape index (κ3) is 8.05. The standard InChI is InChI=1S/C23H26O7/c1-17(2)22(25)29-13-12-27-11-5-8-21(24)28-14-15-30-23(26)20-10-9-18-6-3-4-7-19(18)16-20/h3-4,6-7,9-10,16H,1,5,8,11-15H2,2H3. The zero-order valence-corrected chi connectivity index (χ0v) is 17.1. The minimum Gasteiger partial charge on any atom is -0.462 e. The zero-order valence-electron chi connectivity index (χ0n) is 17.1. The maximum Gasteiger partial charge on any atom is 0.338 e. The monoisotopic (exact) mass is 414 g/mol. The van der Waals surface area contributed by atoms with E-state index in [0.717, 1.165) is 10.8 Å². The van der Waals surface area contributed by atoms with Crippen molar-refractivity contribution in [2.75, 3.05) is 33.0 Å². The fourth-order valence-electron chi connectivity index (χ4n) is 2.50. The van der Waals surface area contributed by atoms with Crippen LogP contribution in [0.1, 0.15) is 30.1 Å². The lowest BCUT2D eigenvalue weighted by atomic mass is 10.1. The Hall–Kier alpha value is -3.19. The summed E-state index contributed by atoms with van der Waals surface area (Å²) in [5.74, 6) is -1.31. The van der Waals surface area contributed by atoms with E-state index < -0.39 is 17.9 Å². The first-order chi connectivity index (χ1) is 14.5. The number of hydrogen-bond donors (Lipinski definition) is 0. The van der Waals surface area contributed by atoms with Crippen molar-refractivity contribution in [1.29, 1.82) is 0 Å². The van der Waals surface area contributed by atoms with Crippen LogP contribution >= 0.6 is 0 Å². The van der Waals surface area contributed by atoms with Crippen LogP contribution in [0, 0.1) is 0 Å². The Morgan fingerprint density at radius 3 is 2.30 bits per heavy atom. The topological polar surface area (TPSA) is 88.1 Å². The van der Waals surface area contributed by atoms with Gasteiger partial charge in [-0.25, -0.2) is 9.59 Å². The number of esters is 3. The highest BCUT2D eigenvalue weighted by Crippen LogP contribution is 2.16. The van der Waals surface area contributed by atoms with Crippen LogP contribution in [0.3, 0.4) is 0 Å². The zero-order chi connectivity index (χ0) is 21.8. The Labute approximate surface area is 175 Å². The van der Waals surface area contributed by atoms with Crippen LogP contribution in [0.5, 0.6) is 0 Å². The predicted molar refractivity (Wildman–Crippen MR) is 111 cm³/mol. The van der Waals surface area contributed by atoms with Crippen LogP contribution in [-0.4, -0.2) is 50.9 Å². The molecule has 0 unspecified atom stereocenters. The molecule has 0 spiro atoms. The van der Waals surface area contributed by atoms with Crippen molar-refractivity contribution in [2.45, 2.75) is 19.8 Å². The molecule has 160 valence electrons. The predicted octanol–water partition coefficient (Wildman–Crippen LogP) is 3.46. The van der Waals surface area contributed by atoms with Crippen LogP contribution in [0.2, 0.25) is 0 Å². The van der Waals surface area contributed by atoms with E-state index in [1.54, 1.807) is 19.1 Å². The number of fused-ring (bicyclic) bond motifs is 1. The lowest BCUT2D eigenvalue weighted by Crippen LogP contribution is -2.15. The second kappa shape index (κ2) is 12.4. The van der Waals surface area contributed by atoms with Crippen molar-refractivity contribution < 1.29 is 33.3 Å². The minimum atomic E-state index is -0.461. The number of carbonyl (C=O) groups is 3. The minimum absolute atomic E-state index is 0.00410. The molecule has 0 amide bonds. The molecular weight excluding hydrogens is 388 g/mol. The largest absolute Gasteiger partial charge is 0.462 e. The summed E-state index contributed by atoms with van der Waals surface area (Å²) in [4.78, 5) is 34.9. The molecule has 0 aliphatic carbocycles. The maximum atomic E-state index is 12.1. The van der Waals surface area contributed by atoms with Gasteiger partial charge in [-0.05, 0) is 36.2 Å². The molecule has 2 aromatic carbocycles. The van der Waals surface area contributed by atoms with Crippen molar-refractivity contribution in [1.82, 2.24) is 0 Å². The summed E-state index contributed by atoms with van der Waals surface area (Å²) in [6.07, 6.45) is 0.661. The molecule has 0 N–H and O–H groups in total. The number of benzene rings is 2. The molecule has 2 rings (SSSR count). The molecule has 7 heteroatoms. The highest BCUT2D eigenvalue weighted by Gasteiger charge is 2.09. The summed E-state index contributed by atoms with van der Waals surface area (Å²) < 4.78 is 20.3. The maximum absolute atomic E-state index is 12.1.